The van der Waals surface area contributed by atoms with Crippen LogP contribution in [0.5, 0.6) is 5.88 Å². The fraction of sp³-hybridized carbons (Fsp3) is 0.222. The average molecular weight is 224 g/mol. The van der Waals surface area contributed by atoms with Gasteiger partial charge in [-0.15, -0.1) is 0 Å². The number of nitrogens with one attached hydrogen (secondary N) is 1. The number of hydrazine groups is 1. The highest BCUT2D eigenvalue weighted by atomic mass is 16.6. The number of rotatable bonds is 5. The molecule has 0 aliphatic rings. The molecule has 16 heavy (non-hydrogen) atoms. The lowest BCUT2D eigenvalue weighted by Gasteiger charge is -2.05. The monoisotopic (exact) mass is 224 g/mol. The zero-order chi connectivity index (χ0) is 12.0. The van der Waals surface area contributed by atoms with E-state index >= 15 is 0 Å². The summed E-state index contributed by atoms with van der Waals surface area (Å²) < 4.78 is 5.15. The molecule has 1 aromatic heterocycles. The van der Waals surface area contributed by atoms with Crippen molar-refractivity contribution in [1.82, 2.24) is 4.98 Å². The van der Waals surface area contributed by atoms with Gasteiger partial charge in [-0.25, -0.2) is 5.84 Å². The highest BCUT2D eigenvalue weighted by Gasteiger charge is 2.16. The summed E-state index contributed by atoms with van der Waals surface area (Å²) in [6, 6.07) is 2.69. The molecular weight excluding hydrogens is 212 g/mol. The molecule has 1 aromatic rings. The van der Waals surface area contributed by atoms with E-state index in [1.54, 1.807) is 12.2 Å². The van der Waals surface area contributed by atoms with Gasteiger partial charge in [0, 0.05) is 6.07 Å². The van der Waals surface area contributed by atoms with Gasteiger partial charge in [0.15, 0.2) is 0 Å². The molecule has 0 amide bonds. The number of pyridine rings is 1. The highest BCUT2D eigenvalue weighted by molar-refractivity contribution is 5.48. The van der Waals surface area contributed by atoms with Crippen molar-refractivity contribution in [3.05, 3.63) is 34.4 Å². The molecule has 0 fully saturated rings. The van der Waals surface area contributed by atoms with Crippen molar-refractivity contribution in [3.63, 3.8) is 0 Å². The van der Waals surface area contributed by atoms with E-state index in [-0.39, 0.29) is 18.2 Å². The first-order chi connectivity index (χ1) is 7.69. The Hall–Kier alpha value is -2.15. The normalized spacial score (nSPS) is 10.4. The van der Waals surface area contributed by atoms with E-state index in [0.29, 0.717) is 5.82 Å². The van der Waals surface area contributed by atoms with E-state index in [1.165, 1.54) is 12.1 Å². The maximum atomic E-state index is 10.7. The molecule has 0 saturated carbocycles. The Morgan fingerprint density at radius 2 is 2.44 bits per heavy atom. The molecule has 3 N–H and O–H groups in total. The first-order valence-corrected chi connectivity index (χ1v) is 4.55. The van der Waals surface area contributed by atoms with Gasteiger partial charge in [0.25, 0.3) is 5.88 Å². The largest absolute Gasteiger partial charge is 0.469 e. The summed E-state index contributed by atoms with van der Waals surface area (Å²) in [7, 11) is 0. The van der Waals surface area contributed by atoms with E-state index < -0.39 is 4.92 Å². The van der Waals surface area contributed by atoms with E-state index in [0.717, 1.165) is 0 Å². The molecule has 0 aromatic carbocycles. The van der Waals surface area contributed by atoms with Crippen LogP contribution in [0, 0.1) is 10.1 Å². The van der Waals surface area contributed by atoms with Crippen molar-refractivity contribution in [2.45, 2.75) is 6.92 Å². The van der Waals surface area contributed by atoms with Crippen LogP contribution in [-0.2, 0) is 0 Å². The van der Waals surface area contributed by atoms with Gasteiger partial charge in [0.2, 0.25) is 0 Å². The Morgan fingerprint density at radius 1 is 1.69 bits per heavy atom. The second kappa shape index (κ2) is 5.66. The van der Waals surface area contributed by atoms with Gasteiger partial charge in [-0.1, -0.05) is 12.2 Å². The third kappa shape index (κ3) is 2.92. The fourth-order valence-corrected chi connectivity index (χ4v) is 0.982. The van der Waals surface area contributed by atoms with E-state index in [1.807, 2.05) is 6.92 Å². The lowest BCUT2D eigenvalue weighted by molar-refractivity contribution is -0.386. The van der Waals surface area contributed by atoms with Gasteiger partial charge in [-0.05, 0) is 13.0 Å². The molecule has 7 nitrogen and oxygen atoms in total. The van der Waals surface area contributed by atoms with Crippen LogP contribution in [0.15, 0.2) is 24.3 Å². The van der Waals surface area contributed by atoms with Crippen LogP contribution < -0.4 is 16.0 Å². The van der Waals surface area contributed by atoms with Crippen molar-refractivity contribution < 1.29 is 9.66 Å². The fourth-order valence-electron chi connectivity index (χ4n) is 0.982. The molecule has 0 atom stereocenters. The van der Waals surface area contributed by atoms with Gasteiger partial charge >= 0.3 is 5.69 Å². The molecule has 0 aliphatic carbocycles. The Bertz CT molecular complexity index is 406. The third-order valence-corrected chi connectivity index (χ3v) is 1.74. The number of nitrogens with zero attached hydrogens (tertiary/aromatic N) is 2. The number of anilines is 1. The SMILES string of the molecule is C/C=C/COc1nc(NN)ccc1[N+](=O)[O-]. The predicted octanol–water partition coefficient (Wildman–Crippen LogP) is 1.23. The number of hydrogen-bond acceptors (Lipinski definition) is 6. The van der Waals surface area contributed by atoms with Gasteiger partial charge in [-0.2, -0.15) is 4.98 Å². The number of nitro groups is 1. The van der Waals surface area contributed by atoms with Crippen molar-refractivity contribution in [3.8, 4) is 5.88 Å². The van der Waals surface area contributed by atoms with E-state index in [2.05, 4.69) is 10.4 Å². The Morgan fingerprint density at radius 3 is 3.00 bits per heavy atom. The summed E-state index contributed by atoms with van der Waals surface area (Å²) in [5.41, 5.74) is 2.10. The maximum Gasteiger partial charge on any atom is 0.331 e. The highest BCUT2D eigenvalue weighted by Crippen LogP contribution is 2.25. The Labute approximate surface area is 92.0 Å². The predicted molar refractivity (Wildman–Crippen MR) is 59.0 cm³/mol. The van der Waals surface area contributed by atoms with Crippen molar-refractivity contribution >= 4 is 11.5 Å². The van der Waals surface area contributed by atoms with E-state index in [4.69, 9.17) is 10.6 Å². The molecule has 0 bridgehead atoms. The molecule has 7 heteroatoms. The van der Waals surface area contributed by atoms with Crippen molar-refractivity contribution in [2.24, 2.45) is 5.84 Å². The number of nitrogens with two attached hydrogens (primary N) is 1. The van der Waals surface area contributed by atoms with Crippen LogP contribution in [0.2, 0.25) is 0 Å². The Kier molecular flexibility index (Phi) is 4.22. The smallest absolute Gasteiger partial charge is 0.331 e. The number of ether oxygens (including phenoxy) is 1. The lowest BCUT2D eigenvalue weighted by atomic mass is 10.4. The van der Waals surface area contributed by atoms with Gasteiger partial charge < -0.3 is 10.2 Å². The summed E-state index contributed by atoms with van der Waals surface area (Å²) >= 11 is 0. The third-order valence-electron chi connectivity index (χ3n) is 1.74. The van der Waals surface area contributed by atoms with Gasteiger partial charge in [0.1, 0.15) is 12.4 Å². The average Bonchev–Trinajstić information content (AvgIpc) is 2.29. The first kappa shape index (κ1) is 11.9. The van der Waals surface area contributed by atoms with Crippen LogP contribution in [0.1, 0.15) is 6.92 Å². The standard InChI is InChI=1S/C9H12N4O3/c1-2-3-6-16-9-7(13(14)15)4-5-8(11-9)12-10/h2-5H,6,10H2,1H3,(H,11,12)/b3-2+. The molecule has 1 rings (SSSR count). The molecule has 86 valence electrons. The first-order valence-electron chi connectivity index (χ1n) is 4.55. The van der Waals surface area contributed by atoms with Gasteiger partial charge in [-0.3, -0.25) is 10.1 Å². The second-order valence-corrected chi connectivity index (χ2v) is 2.80. The van der Waals surface area contributed by atoms with Crippen LogP contribution in [-0.4, -0.2) is 16.5 Å². The minimum absolute atomic E-state index is 0.0569. The molecular formula is C9H12N4O3. The summed E-state index contributed by atoms with van der Waals surface area (Å²) in [6.45, 7) is 2.04. The van der Waals surface area contributed by atoms with E-state index in [9.17, 15) is 10.1 Å². The van der Waals surface area contributed by atoms with Crippen LogP contribution in [0.25, 0.3) is 0 Å². The summed E-state index contributed by atoms with van der Waals surface area (Å²) in [5, 5.41) is 10.7. The second-order valence-electron chi connectivity index (χ2n) is 2.80. The summed E-state index contributed by atoms with van der Waals surface area (Å²) in [6.07, 6.45) is 3.49. The number of nitrogen functional groups attached to an aromatic ring is 1. The quantitative estimate of drug-likeness (QED) is 0.337. The minimum atomic E-state index is -0.557. The topological polar surface area (TPSA) is 103 Å². The molecule has 1 heterocycles. The number of allylic oxidation sites excluding steroid dienone is 1. The molecule has 0 saturated heterocycles. The number of hydrogen-bond donors (Lipinski definition) is 2. The van der Waals surface area contributed by atoms with Crippen LogP contribution >= 0.6 is 0 Å². The van der Waals surface area contributed by atoms with Crippen LogP contribution in [0.3, 0.4) is 0 Å². The molecule has 0 unspecified atom stereocenters. The molecule has 0 aliphatic heterocycles. The lowest BCUT2D eigenvalue weighted by Crippen LogP contribution is -2.10. The number of aromatic nitrogens is 1. The summed E-state index contributed by atoms with van der Waals surface area (Å²) in [4.78, 5) is 14.0. The van der Waals surface area contributed by atoms with Crippen LogP contribution in [0.4, 0.5) is 11.5 Å². The van der Waals surface area contributed by atoms with Crippen molar-refractivity contribution in [1.29, 1.82) is 0 Å². The van der Waals surface area contributed by atoms with Crippen molar-refractivity contribution in [2.75, 3.05) is 12.0 Å². The summed E-state index contributed by atoms with van der Waals surface area (Å²) in [5.74, 6) is 5.40. The van der Waals surface area contributed by atoms with Gasteiger partial charge in [0.05, 0.1) is 4.92 Å². The molecule has 0 spiro atoms. The maximum absolute atomic E-state index is 10.7. The zero-order valence-corrected chi connectivity index (χ0v) is 8.71. The Balaban J connectivity index is 2.95. The molecule has 0 radical (unpaired) electrons. The zero-order valence-electron chi connectivity index (χ0n) is 8.71. The minimum Gasteiger partial charge on any atom is -0.469 e.